The summed E-state index contributed by atoms with van der Waals surface area (Å²) >= 11 is 1.86. The number of benzene rings is 10. The Morgan fingerprint density at radius 3 is 1.75 bits per heavy atom. The lowest BCUT2D eigenvalue weighted by atomic mass is 9.66. The van der Waals surface area contributed by atoms with Gasteiger partial charge in [-0.15, -0.1) is 11.3 Å². The van der Waals surface area contributed by atoms with Crippen LogP contribution in [0.4, 0.5) is 17.1 Å². The van der Waals surface area contributed by atoms with Crippen molar-refractivity contribution in [3.63, 3.8) is 0 Å². The van der Waals surface area contributed by atoms with E-state index < -0.39 is 5.41 Å². The highest BCUT2D eigenvalue weighted by atomic mass is 32.1. The average Bonchev–Trinajstić information content (AvgIpc) is 3.84. The van der Waals surface area contributed by atoms with Crippen LogP contribution in [0.15, 0.2) is 224 Å². The first-order valence-corrected chi connectivity index (χ1v) is 21.2. The molecule has 0 bridgehead atoms. The van der Waals surface area contributed by atoms with E-state index in [1.807, 2.05) is 11.3 Å². The average molecular weight is 768 g/mol. The SMILES string of the molecule is c1ccc(N(c2ccc3cc(-c4cc5ccccc5c5c4-c4ccccc4C5(c4ccccc4)c4ccccc4)ccc3c2)c2ccc3c(c2)sc2ccccc23)cc1. The molecule has 10 aromatic carbocycles. The van der Waals surface area contributed by atoms with Gasteiger partial charge in [-0.2, -0.15) is 0 Å². The van der Waals surface area contributed by atoms with Gasteiger partial charge in [-0.1, -0.05) is 170 Å². The topological polar surface area (TPSA) is 3.24 Å². The van der Waals surface area contributed by atoms with Crippen molar-refractivity contribution in [2.45, 2.75) is 5.41 Å². The minimum Gasteiger partial charge on any atom is -0.310 e. The van der Waals surface area contributed by atoms with Gasteiger partial charge in [0, 0.05) is 37.2 Å². The van der Waals surface area contributed by atoms with Gasteiger partial charge in [0.2, 0.25) is 0 Å². The fourth-order valence-electron chi connectivity index (χ4n) is 9.97. The molecule has 1 aliphatic rings. The quantitative estimate of drug-likeness (QED) is 0.163. The highest BCUT2D eigenvalue weighted by Gasteiger charge is 2.48. The van der Waals surface area contributed by atoms with Gasteiger partial charge >= 0.3 is 0 Å². The molecule has 1 aromatic heterocycles. The lowest BCUT2D eigenvalue weighted by molar-refractivity contribution is 0.775. The van der Waals surface area contributed by atoms with Gasteiger partial charge in [0.1, 0.15) is 0 Å². The van der Waals surface area contributed by atoms with Crippen LogP contribution in [-0.4, -0.2) is 0 Å². The minimum absolute atomic E-state index is 0.491. The Bertz CT molecular complexity index is 3340. The van der Waals surface area contributed by atoms with Crippen molar-refractivity contribution in [3.05, 3.63) is 247 Å². The molecule has 0 saturated heterocycles. The molecule has 11 aromatic rings. The summed E-state index contributed by atoms with van der Waals surface area (Å²) in [6, 6.07) is 83.1. The Kier molecular flexibility index (Phi) is 7.69. The van der Waals surface area contributed by atoms with Crippen LogP contribution < -0.4 is 4.90 Å². The number of para-hydroxylation sites is 1. The number of anilines is 3. The molecule has 1 nitrogen and oxygen atoms in total. The maximum absolute atomic E-state index is 2.42. The van der Waals surface area contributed by atoms with Crippen molar-refractivity contribution in [2.24, 2.45) is 0 Å². The van der Waals surface area contributed by atoms with Crippen LogP contribution in [0.3, 0.4) is 0 Å². The van der Waals surface area contributed by atoms with Crippen molar-refractivity contribution in [1.82, 2.24) is 0 Å². The fraction of sp³-hybridized carbons (Fsp3) is 0.0175. The Hall–Kier alpha value is -7.26. The van der Waals surface area contributed by atoms with E-state index in [-0.39, 0.29) is 0 Å². The third kappa shape index (κ3) is 5.17. The zero-order valence-corrected chi connectivity index (χ0v) is 33.0. The molecule has 0 unspecified atom stereocenters. The molecule has 0 aliphatic heterocycles. The number of hydrogen-bond donors (Lipinski definition) is 0. The first-order chi connectivity index (χ1) is 29.3. The molecule has 0 amide bonds. The lowest BCUT2D eigenvalue weighted by Crippen LogP contribution is -2.28. The number of nitrogens with zero attached hydrogens (tertiary/aromatic N) is 1. The fourth-order valence-corrected chi connectivity index (χ4v) is 11.1. The predicted octanol–water partition coefficient (Wildman–Crippen LogP) is 15.9. The van der Waals surface area contributed by atoms with Crippen molar-refractivity contribution >= 4 is 70.1 Å². The molecule has 0 spiro atoms. The van der Waals surface area contributed by atoms with Crippen LogP contribution in [0.25, 0.3) is 64.0 Å². The van der Waals surface area contributed by atoms with Crippen LogP contribution >= 0.6 is 11.3 Å². The molecule has 2 heteroatoms. The van der Waals surface area contributed by atoms with Gasteiger partial charge in [0.05, 0.1) is 5.41 Å². The molecule has 1 heterocycles. The largest absolute Gasteiger partial charge is 0.310 e. The molecule has 0 radical (unpaired) electrons. The van der Waals surface area contributed by atoms with E-state index in [2.05, 4.69) is 229 Å². The zero-order chi connectivity index (χ0) is 38.9. The first kappa shape index (κ1) is 33.8. The van der Waals surface area contributed by atoms with E-state index in [9.17, 15) is 0 Å². The van der Waals surface area contributed by atoms with Gasteiger partial charge in [0.25, 0.3) is 0 Å². The smallest absolute Gasteiger partial charge is 0.0719 e. The summed E-state index contributed by atoms with van der Waals surface area (Å²) in [5.41, 5.74) is 13.2. The highest BCUT2D eigenvalue weighted by molar-refractivity contribution is 7.25. The maximum Gasteiger partial charge on any atom is 0.0719 e. The monoisotopic (exact) mass is 767 g/mol. The number of rotatable bonds is 6. The lowest BCUT2D eigenvalue weighted by Gasteiger charge is -2.35. The van der Waals surface area contributed by atoms with Crippen molar-refractivity contribution in [2.75, 3.05) is 4.90 Å². The molecule has 1 aliphatic carbocycles. The van der Waals surface area contributed by atoms with Crippen molar-refractivity contribution < 1.29 is 0 Å². The normalized spacial score (nSPS) is 12.9. The summed E-state index contributed by atoms with van der Waals surface area (Å²) in [5.74, 6) is 0. The van der Waals surface area contributed by atoms with Gasteiger partial charge < -0.3 is 4.90 Å². The first-order valence-electron chi connectivity index (χ1n) is 20.3. The summed E-state index contributed by atoms with van der Waals surface area (Å²) in [7, 11) is 0. The van der Waals surface area contributed by atoms with Crippen LogP contribution in [0, 0.1) is 0 Å². The second-order valence-electron chi connectivity index (χ2n) is 15.6. The van der Waals surface area contributed by atoms with Crippen LogP contribution in [-0.2, 0) is 5.41 Å². The number of fused-ring (bicyclic) bond motifs is 9. The molecular weight excluding hydrogens is 731 g/mol. The van der Waals surface area contributed by atoms with Gasteiger partial charge in [-0.3, -0.25) is 0 Å². The summed E-state index contributed by atoms with van der Waals surface area (Å²) in [6.07, 6.45) is 0. The van der Waals surface area contributed by atoms with Crippen LogP contribution in [0.1, 0.15) is 22.3 Å². The summed E-state index contributed by atoms with van der Waals surface area (Å²) in [5, 5.41) is 7.57. The Morgan fingerprint density at radius 1 is 0.356 bits per heavy atom. The minimum atomic E-state index is -0.491. The van der Waals surface area contributed by atoms with E-state index in [4.69, 9.17) is 0 Å². The zero-order valence-electron chi connectivity index (χ0n) is 32.2. The molecule has 0 N–H and O–H groups in total. The molecule has 0 atom stereocenters. The van der Waals surface area contributed by atoms with E-state index >= 15 is 0 Å². The summed E-state index contributed by atoms with van der Waals surface area (Å²) in [4.78, 5) is 2.39. The van der Waals surface area contributed by atoms with E-state index in [0.29, 0.717) is 0 Å². The second-order valence-corrected chi connectivity index (χ2v) is 16.7. The summed E-state index contributed by atoms with van der Waals surface area (Å²) < 4.78 is 2.61. The molecule has 0 fully saturated rings. The molecule has 276 valence electrons. The third-order valence-corrected chi connectivity index (χ3v) is 13.6. The standard InChI is InChI=1S/C57H37NS/c1-4-17-42(18-5-1)57(43-19-6-2-7-20-43)52-26-14-12-25-50(52)55-51(36-40-16-10-11-23-47(40)56(55)57)41-29-28-39-35-45(31-30-38(39)34-41)58(44-21-8-3-9-22-44)46-32-33-49-48-24-13-15-27-53(48)59-54(49)37-46/h1-37H. The highest BCUT2D eigenvalue weighted by Crippen LogP contribution is 2.60. The molecule has 12 rings (SSSR count). The maximum atomic E-state index is 2.42. The Labute approximate surface area is 347 Å². The molecular formula is C57H37NS. The van der Waals surface area contributed by atoms with Crippen LogP contribution in [0.2, 0.25) is 0 Å². The Morgan fingerprint density at radius 2 is 0.949 bits per heavy atom. The van der Waals surface area contributed by atoms with Gasteiger partial charge in [-0.05, 0) is 121 Å². The van der Waals surface area contributed by atoms with E-state index in [1.165, 1.54) is 86.2 Å². The van der Waals surface area contributed by atoms with Gasteiger partial charge in [0.15, 0.2) is 0 Å². The van der Waals surface area contributed by atoms with Crippen molar-refractivity contribution in [3.8, 4) is 22.3 Å². The predicted molar refractivity (Wildman–Crippen MR) is 252 cm³/mol. The van der Waals surface area contributed by atoms with Gasteiger partial charge in [-0.25, -0.2) is 0 Å². The van der Waals surface area contributed by atoms with E-state index in [1.54, 1.807) is 0 Å². The van der Waals surface area contributed by atoms with E-state index in [0.717, 1.165) is 17.1 Å². The Balaban J connectivity index is 1.05. The number of thiophene rings is 1. The molecule has 59 heavy (non-hydrogen) atoms. The van der Waals surface area contributed by atoms with Crippen LogP contribution in [0.5, 0.6) is 0 Å². The summed E-state index contributed by atoms with van der Waals surface area (Å²) in [6.45, 7) is 0. The number of hydrogen-bond acceptors (Lipinski definition) is 2. The third-order valence-electron chi connectivity index (χ3n) is 12.5. The molecule has 0 saturated carbocycles. The second kappa shape index (κ2) is 13.4. The van der Waals surface area contributed by atoms with Crippen molar-refractivity contribution in [1.29, 1.82) is 0 Å².